The van der Waals surface area contributed by atoms with Crippen molar-refractivity contribution in [3.63, 3.8) is 0 Å². The Labute approximate surface area is 154 Å². The SMILES string of the molecule is CC(C)C1CC[C@H](C)C[C@@H]1OC(=O)Oc1cc(O)c2c(c1)OCP2(C)=O. The second-order valence-corrected chi connectivity index (χ2v) is 10.9. The number of carbonyl (C=O) groups excluding carboxylic acids is 1. The van der Waals surface area contributed by atoms with Gasteiger partial charge in [-0.2, -0.15) is 0 Å². The van der Waals surface area contributed by atoms with Crippen LogP contribution in [-0.2, 0) is 9.30 Å². The lowest BCUT2D eigenvalue weighted by Gasteiger charge is -2.36. The van der Waals surface area contributed by atoms with E-state index in [4.69, 9.17) is 14.2 Å². The van der Waals surface area contributed by atoms with Crippen LogP contribution in [0.4, 0.5) is 4.79 Å². The standard InChI is InChI=1S/C19H27O6P/c1-11(2)14-6-5-12(3)7-16(14)25-19(21)24-13-8-15(20)18-17(9-13)23-10-26(18,4)22/h8-9,11-12,14,16,20H,5-7,10H2,1-4H3/t12-,14?,16-,26?/m0/s1. The molecule has 0 amide bonds. The number of aromatic hydroxyl groups is 1. The summed E-state index contributed by atoms with van der Waals surface area (Å²) in [5, 5.41) is 10.5. The van der Waals surface area contributed by atoms with Crippen molar-refractivity contribution in [3.05, 3.63) is 12.1 Å². The number of hydrogen-bond acceptors (Lipinski definition) is 6. The topological polar surface area (TPSA) is 82.1 Å². The van der Waals surface area contributed by atoms with Gasteiger partial charge in [-0.1, -0.05) is 27.2 Å². The average Bonchev–Trinajstić information content (AvgIpc) is 2.82. The number of hydrogen-bond donors (Lipinski definition) is 1. The van der Waals surface area contributed by atoms with Gasteiger partial charge in [0.2, 0.25) is 0 Å². The molecule has 2 aliphatic rings. The highest BCUT2D eigenvalue weighted by atomic mass is 31.2. The Morgan fingerprint density at radius 2 is 2.08 bits per heavy atom. The Morgan fingerprint density at radius 3 is 2.77 bits per heavy atom. The van der Waals surface area contributed by atoms with Crippen LogP contribution in [0.1, 0.15) is 40.0 Å². The summed E-state index contributed by atoms with van der Waals surface area (Å²) >= 11 is 0. The summed E-state index contributed by atoms with van der Waals surface area (Å²) in [5.41, 5.74) is 0. The van der Waals surface area contributed by atoms with Gasteiger partial charge in [0.15, 0.2) is 7.14 Å². The number of phenolic OH excluding ortho intramolecular Hbond substituents is 1. The maximum atomic E-state index is 12.4. The molecule has 144 valence electrons. The minimum Gasteiger partial charge on any atom is -0.507 e. The molecule has 7 heteroatoms. The van der Waals surface area contributed by atoms with Crippen LogP contribution in [0, 0.1) is 17.8 Å². The van der Waals surface area contributed by atoms with E-state index < -0.39 is 13.3 Å². The third kappa shape index (κ3) is 3.85. The fourth-order valence-electron chi connectivity index (χ4n) is 3.96. The van der Waals surface area contributed by atoms with Gasteiger partial charge in [-0.3, -0.25) is 0 Å². The zero-order valence-electron chi connectivity index (χ0n) is 15.7. The Balaban J connectivity index is 1.70. The van der Waals surface area contributed by atoms with Gasteiger partial charge in [0.1, 0.15) is 29.7 Å². The van der Waals surface area contributed by atoms with Crippen molar-refractivity contribution in [1.82, 2.24) is 0 Å². The van der Waals surface area contributed by atoms with Crippen LogP contribution in [-0.4, -0.2) is 30.4 Å². The molecule has 6 nitrogen and oxygen atoms in total. The summed E-state index contributed by atoms with van der Waals surface area (Å²) in [4.78, 5) is 12.3. The Kier molecular flexibility index (Phi) is 5.25. The average molecular weight is 382 g/mol. The van der Waals surface area contributed by atoms with E-state index in [1.807, 2.05) is 0 Å². The van der Waals surface area contributed by atoms with E-state index in [-0.39, 0.29) is 24.0 Å². The third-order valence-electron chi connectivity index (χ3n) is 5.38. The first-order valence-electron chi connectivity index (χ1n) is 9.12. The van der Waals surface area contributed by atoms with Crippen LogP contribution < -0.4 is 14.8 Å². The molecule has 3 rings (SSSR count). The third-order valence-corrected chi connectivity index (χ3v) is 7.40. The summed E-state index contributed by atoms with van der Waals surface area (Å²) in [5.74, 6) is 1.50. The lowest BCUT2D eigenvalue weighted by atomic mass is 9.75. The predicted molar refractivity (Wildman–Crippen MR) is 99.0 cm³/mol. The first kappa shape index (κ1) is 19.1. The molecule has 1 N–H and O–H groups in total. The molecule has 1 aliphatic heterocycles. The molecule has 4 atom stereocenters. The van der Waals surface area contributed by atoms with Crippen LogP contribution in [0.3, 0.4) is 0 Å². The molecule has 0 spiro atoms. The molecule has 1 aromatic carbocycles. The van der Waals surface area contributed by atoms with Gasteiger partial charge in [0.05, 0.1) is 5.30 Å². The largest absolute Gasteiger partial charge is 0.514 e. The number of fused-ring (bicyclic) bond motifs is 1. The number of benzene rings is 1. The Hall–Kier alpha value is -1.68. The molecule has 1 fully saturated rings. The maximum Gasteiger partial charge on any atom is 0.514 e. The fourth-order valence-corrected chi connectivity index (χ4v) is 5.62. The second-order valence-electron chi connectivity index (χ2n) is 8.00. The van der Waals surface area contributed by atoms with Gasteiger partial charge in [-0.25, -0.2) is 4.79 Å². The predicted octanol–water partition coefficient (Wildman–Crippen LogP) is 4.34. The molecule has 1 aliphatic carbocycles. The lowest BCUT2D eigenvalue weighted by Crippen LogP contribution is -2.36. The van der Waals surface area contributed by atoms with Gasteiger partial charge >= 0.3 is 6.16 Å². The van der Waals surface area contributed by atoms with Crippen molar-refractivity contribution in [1.29, 1.82) is 0 Å². The van der Waals surface area contributed by atoms with Crippen molar-refractivity contribution < 1.29 is 28.7 Å². The summed E-state index contributed by atoms with van der Waals surface area (Å²) in [6.45, 7) is 8.00. The van der Waals surface area contributed by atoms with Gasteiger partial charge in [0, 0.05) is 12.1 Å². The first-order valence-corrected chi connectivity index (χ1v) is 11.5. The number of phenols is 1. The van der Waals surface area contributed by atoms with Crippen molar-refractivity contribution in [2.45, 2.75) is 46.1 Å². The van der Waals surface area contributed by atoms with Crippen molar-refractivity contribution in [3.8, 4) is 17.2 Å². The Morgan fingerprint density at radius 1 is 1.35 bits per heavy atom. The smallest absolute Gasteiger partial charge is 0.507 e. The van der Waals surface area contributed by atoms with E-state index >= 15 is 0 Å². The van der Waals surface area contributed by atoms with Crippen molar-refractivity contribution in [2.24, 2.45) is 17.8 Å². The summed E-state index contributed by atoms with van der Waals surface area (Å²) in [6, 6.07) is 2.76. The maximum absolute atomic E-state index is 12.4. The van der Waals surface area contributed by atoms with Crippen LogP contribution >= 0.6 is 7.14 Å². The molecule has 1 heterocycles. The molecule has 26 heavy (non-hydrogen) atoms. The summed E-state index contributed by atoms with van der Waals surface area (Å²) in [7, 11) is -2.72. The van der Waals surface area contributed by atoms with Crippen LogP contribution in [0.2, 0.25) is 0 Å². The first-order chi connectivity index (χ1) is 12.2. The summed E-state index contributed by atoms with van der Waals surface area (Å²) in [6.07, 6.45) is 2.10. The minimum atomic E-state index is -2.72. The monoisotopic (exact) mass is 382 g/mol. The molecular weight excluding hydrogens is 355 g/mol. The van der Waals surface area contributed by atoms with E-state index in [2.05, 4.69) is 20.8 Å². The van der Waals surface area contributed by atoms with Crippen molar-refractivity contribution in [2.75, 3.05) is 13.0 Å². The molecule has 0 saturated heterocycles. The normalized spacial score (nSPS) is 30.6. The van der Waals surface area contributed by atoms with Crippen LogP contribution in [0.25, 0.3) is 0 Å². The molecule has 2 unspecified atom stereocenters. The highest BCUT2D eigenvalue weighted by Gasteiger charge is 2.36. The zero-order valence-corrected chi connectivity index (χ0v) is 16.6. The van der Waals surface area contributed by atoms with Crippen LogP contribution in [0.5, 0.6) is 17.2 Å². The second kappa shape index (κ2) is 7.15. The highest BCUT2D eigenvalue weighted by molar-refractivity contribution is 7.71. The highest BCUT2D eigenvalue weighted by Crippen LogP contribution is 2.52. The van der Waals surface area contributed by atoms with E-state index in [0.29, 0.717) is 28.8 Å². The molecule has 0 aromatic heterocycles. The van der Waals surface area contributed by atoms with Crippen molar-refractivity contribution >= 4 is 18.6 Å². The number of carbonyl (C=O) groups is 1. The van der Waals surface area contributed by atoms with Gasteiger partial charge in [-0.15, -0.1) is 0 Å². The van der Waals surface area contributed by atoms with Crippen LogP contribution in [0.15, 0.2) is 12.1 Å². The number of rotatable bonds is 3. The van der Waals surface area contributed by atoms with E-state index in [1.165, 1.54) is 12.1 Å². The quantitative estimate of drug-likeness (QED) is 0.476. The van der Waals surface area contributed by atoms with Gasteiger partial charge < -0.3 is 23.9 Å². The molecule has 0 radical (unpaired) electrons. The lowest BCUT2D eigenvalue weighted by molar-refractivity contribution is -0.0136. The van der Waals surface area contributed by atoms with E-state index in [1.54, 1.807) is 6.66 Å². The molecular formula is C19H27O6P. The van der Waals surface area contributed by atoms with Gasteiger partial charge in [0.25, 0.3) is 0 Å². The molecule has 1 saturated carbocycles. The van der Waals surface area contributed by atoms with Gasteiger partial charge in [-0.05, 0) is 37.3 Å². The molecule has 1 aromatic rings. The number of ether oxygens (including phenoxy) is 3. The fraction of sp³-hybridized carbons (Fsp3) is 0.632. The van der Waals surface area contributed by atoms with E-state index in [9.17, 15) is 14.5 Å². The summed E-state index contributed by atoms with van der Waals surface area (Å²) < 4.78 is 28.6. The Bertz CT molecular complexity index is 744. The van der Waals surface area contributed by atoms with E-state index in [0.717, 1.165) is 19.3 Å². The minimum absolute atomic E-state index is 0.0415. The zero-order chi connectivity index (χ0) is 19.1. The molecule has 0 bridgehead atoms.